The summed E-state index contributed by atoms with van der Waals surface area (Å²) in [5, 5.41) is 1.43. The van der Waals surface area contributed by atoms with Crippen LogP contribution >= 0.6 is 0 Å². The van der Waals surface area contributed by atoms with E-state index in [-0.39, 0.29) is 0 Å². The van der Waals surface area contributed by atoms with Crippen molar-refractivity contribution in [3.05, 3.63) is 36.0 Å². The molecule has 0 saturated heterocycles. The van der Waals surface area contributed by atoms with Gasteiger partial charge in [0.25, 0.3) is 0 Å². The van der Waals surface area contributed by atoms with E-state index in [9.17, 15) is 0 Å². The van der Waals surface area contributed by atoms with E-state index in [1.807, 2.05) is 0 Å². The van der Waals surface area contributed by atoms with Crippen LogP contribution in [0.25, 0.3) is 10.9 Å². The summed E-state index contributed by atoms with van der Waals surface area (Å²) in [6.45, 7) is 4.63. The first-order valence-corrected chi connectivity index (χ1v) is 6.75. The molecule has 1 unspecified atom stereocenters. The maximum atomic E-state index is 2.35. The summed E-state index contributed by atoms with van der Waals surface area (Å²) in [4.78, 5) is 0. The lowest BCUT2D eigenvalue weighted by Gasteiger charge is -2.06. The molecule has 0 amide bonds. The third-order valence-corrected chi connectivity index (χ3v) is 3.82. The Morgan fingerprint density at radius 3 is 2.76 bits per heavy atom. The lowest BCUT2D eigenvalue weighted by atomic mass is 9.99. The number of hydrogen-bond donors (Lipinski definition) is 0. The number of fused-ring (bicyclic) bond motifs is 1. The Balaban J connectivity index is 2.09. The standard InChI is InChI=1S/C16H23N/c1-4-13(2)8-7-9-14-12-17(3)16-11-6-5-10-15(14)16/h5-6,10-13H,4,7-9H2,1-3H3. The molecule has 0 saturated carbocycles. The Labute approximate surface area is 104 Å². The predicted octanol–water partition coefficient (Wildman–Crippen LogP) is 4.55. The van der Waals surface area contributed by atoms with Crippen LogP contribution < -0.4 is 0 Å². The van der Waals surface area contributed by atoms with Crippen molar-refractivity contribution < 1.29 is 0 Å². The summed E-state index contributed by atoms with van der Waals surface area (Å²) >= 11 is 0. The molecule has 17 heavy (non-hydrogen) atoms. The van der Waals surface area contributed by atoms with Crippen LogP contribution in [0.1, 0.15) is 38.7 Å². The number of hydrogen-bond acceptors (Lipinski definition) is 0. The van der Waals surface area contributed by atoms with Crippen LogP contribution in [0.3, 0.4) is 0 Å². The highest BCUT2D eigenvalue weighted by atomic mass is 14.9. The molecule has 2 aromatic rings. The Hall–Kier alpha value is -1.24. The van der Waals surface area contributed by atoms with Gasteiger partial charge >= 0.3 is 0 Å². The summed E-state index contributed by atoms with van der Waals surface area (Å²) in [7, 11) is 2.14. The van der Waals surface area contributed by atoms with Crippen molar-refractivity contribution in [1.82, 2.24) is 4.57 Å². The highest BCUT2D eigenvalue weighted by molar-refractivity contribution is 5.83. The van der Waals surface area contributed by atoms with Gasteiger partial charge in [-0.1, -0.05) is 44.9 Å². The molecule has 0 aliphatic carbocycles. The Bertz CT molecular complexity index is 481. The van der Waals surface area contributed by atoms with Gasteiger partial charge < -0.3 is 4.57 Å². The van der Waals surface area contributed by atoms with Crippen LogP contribution in [-0.4, -0.2) is 4.57 Å². The number of nitrogens with zero attached hydrogens (tertiary/aromatic N) is 1. The number of benzene rings is 1. The summed E-state index contributed by atoms with van der Waals surface area (Å²) in [5.41, 5.74) is 2.86. The largest absolute Gasteiger partial charge is 0.350 e. The molecule has 2 rings (SSSR count). The maximum Gasteiger partial charge on any atom is 0.0480 e. The fraction of sp³-hybridized carbons (Fsp3) is 0.500. The molecule has 1 aromatic carbocycles. The van der Waals surface area contributed by atoms with E-state index in [1.165, 1.54) is 42.1 Å². The SMILES string of the molecule is CCC(C)CCCc1cn(C)c2ccccc12. The van der Waals surface area contributed by atoms with E-state index >= 15 is 0 Å². The minimum atomic E-state index is 0.866. The molecule has 1 nitrogen and oxygen atoms in total. The quantitative estimate of drug-likeness (QED) is 0.709. The van der Waals surface area contributed by atoms with E-state index in [1.54, 1.807) is 0 Å². The van der Waals surface area contributed by atoms with Crippen LogP contribution in [0.15, 0.2) is 30.5 Å². The zero-order chi connectivity index (χ0) is 12.3. The average molecular weight is 229 g/mol. The van der Waals surface area contributed by atoms with Crippen molar-refractivity contribution in [3.8, 4) is 0 Å². The van der Waals surface area contributed by atoms with E-state index < -0.39 is 0 Å². The first-order valence-electron chi connectivity index (χ1n) is 6.75. The predicted molar refractivity (Wildman–Crippen MR) is 75.3 cm³/mol. The van der Waals surface area contributed by atoms with Crippen LogP contribution in [0.2, 0.25) is 0 Å². The van der Waals surface area contributed by atoms with Crippen molar-refractivity contribution >= 4 is 10.9 Å². The molecule has 0 fully saturated rings. The van der Waals surface area contributed by atoms with Gasteiger partial charge in [-0.25, -0.2) is 0 Å². The normalized spacial score (nSPS) is 13.1. The monoisotopic (exact) mass is 229 g/mol. The summed E-state index contributed by atoms with van der Waals surface area (Å²) in [6, 6.07) is 8.70. The van der Waals surface area contributed by atoms with E-state index in [0.717, 1.165) is 5.92 Å². The molecule has 0 aliphatic rings. The number of rotatable bonds is 5. The molecule has 0 spiro atoms. The third-order valence-electron chi connectivity index (χ3n) is 3.82. The molecule has 1 atom stereocenters. The molecular formula is C16H23N. The van der Waals surface area contributed by atoms with Crippen molar-refractivity contribution in [3.63, 3.8) is 0 Å². The van der Waals surface area contributed by atoms with Gasteiger partial charge in [-0.15, -0.1) is 0 Å². The van der Waals surface area contributed by atoms with Crippen LogP contribution in [-0.2, 0) is 13.5 Å². The van der Waals surface area contributed by atoms with E-state index in [0.29, 0.717) is 0 Å². The van der Waals surface area contributed by atoms with Crippen molar-refractivity contribution in [2.24, 2.45) is 13.0 Å². The van der Waals surface area contributed by atoms with Gasteiger partial charge in [-0.2, -0.15) is 0 Å². The smallest absolute Gasteiger partial charge is 0.0480 e. The van der Waals surface area contributed by atoms with E-state index in [2.05, 4.69) is 55.9 Å². The van der Waals surface area contributed by atoms with E-state index in [4.69, 9.17) is 0 Å². The van der Waals surface area contributed by atoms with Crippen LogP contribution in [0, 0.1) is 5.92 Å². The summed E-state index contributed by atoms with van der Waals surface area (Å²) in [6.07, 6.45) is 7.46. The highest BCUT2D eigenvalue weighted by Gasteiger charge is 2.06. The molecule has 0 radical (unpaired) electrons. The second kappa shape index (κ2) is 5.39. The van der Waals surface area contributed by atoms with Gasteiger partial charge in [0.2, 0.25) is 0 Å². The molecular weight excluding hydrogens is 206 g/mol. The summed E-state index contributed by atoms with van der Waals surface area (Å²) in [5.74, 6) is 0.866. The second-order valence-corrected chi connectivity index (χ2v) is 5.19. The van der Waals surface area contributed by atoms with Gasteiger partial charge in [0, 0.05) is 24.1 Å². The molecule has 0 N–H and O–H groups in total. The minimum absolute atomic E-state index is 0.866. The first-order chi connectivity index (χ1) is 8.22. The lowest BCUT2D eigenvalue weighted by Crippen LogP contribution is -1.93. The van der Waals surface area contributed by atoms with Gasteiger partial charge in [-0.05, 0) is 30.4 Å². The van der Waals surface area contributed by atoms with Crippen LogP contribution in [0.4, 0.5) is 0 Å². The van der Waals surface area contributed by atoms with Crippen molar-refractivity contribution in [2.75, 3.05) is 0 Å². The maximum absolute atomic E-state index is 2.35. The lowest BCUT2D eigenvalue weighted by molar-refractivity contribution is 0.496. The molecule has 0 aliphatic heterocycles. The topological polar surface area (TPSA) is 4.93 Å². The van der Waals surface area contributed by atoms with Crippen molar-refractivity contribution in [2.45, 2.75) is 39.5 Å². The molecule has 92 valence electrons. The molecule has 1 heteroatoms. The Kier molecular flexibility index (Phi) is 3.88. The van der Waals surface area contributed by atoms with Gasteiger partial charge in [0.1, 0.15) is 0 Å². The number of aryl methyl sites for hydroxylation is 2. The second-order valence-electron chi connectivity index (χ2n) is 5.19. The van der Waals surface area contributed by atoms with Crippen LogP contribution in [0.5, 0.6) is 0 Å². The summed E-state index contributed by atoms with van der Waals surface area (Å²) < 4.78 is 2.24. The first kappa shape index (κ1) is 12.2. The highest BCUT2D eigenvalue weighted by Crippen LogP contribution is 2.22. The van der Waals surface area contributed by atoms with Gasteiger partial charge in [0.05, 0.1) is 0 Å². The average Bonchev–Trinajstić information content (AvgIpc) is 2.67. The van der Waals surface area contributed by atoms with Gasteiger partial charge in [0.15, 0.2) is 0 Å². The Morgan fingerprint density at radius 2 is 2.00 bits per heavy atom. The minimum Gasteiger partial charge on any atom is -0.350 e. The fourth-order valence-electron chi connectivity index (χ4n) is 2.47. The Morgan fingerprint density at radius 1 is 1.24 bits per heavy atom. The molecule has 0 bridgehead atoms. The molecule has 1 heterocycles. The fourth-order valence-corrected chi connectivity index (χ4v) is 2.47. The number of aromatic nitrogens is 1. The zero-order valence-corrected chi connectivity index (χ0v) is 11.2. The van der Waals surface area contributed by atoms with Crippen molar-refractivity contribution in [1.29, 1.82) is 0 Å². The zero-order valence-electron chi connectivity index (χ0n) is 11.2. The third kappa shape index (κ3) is 2.71. The van der Waals surface area contributed by atoms with Gasteiger partial charge in [-0.3, -0.25) is 0 Å². The number of para-hydroxylation sites is 1. The molecule has 1 aromatic heterocycles.